The molecule has 98 valence electrons. The van der Waals surface area contributed by atoms with Crippen LogP contribution in [0.5, 0.6) is 0 Å². The number of nitrogens with zero attached hydrogens (tertiary/aromatic N) is 1. The molecule has 1 aromatic carbocycles. The molecule has 1 heterocycles. The topological polar surface area (TPSA) is 24.4 Å². The van der Waals surface area contributed by atoms with E-state index in [1.165, 1.54) is 18.6 Å². The third-order valence-corrected chi connectivity index (χ3v) is 4.06. The molecular formula is C14H19FN2S. The molecule has 1 N–H and O–H groups in total. The molecule has 1 aromatic rings. The molecule has 2 nitrogen and oxygen atoms in total. The van der Waals surface area contributed by atoms with Crippen LogP contribution < -0.4 is 5.32 Å². The maximum absolute atomic E-state index is 12.8. The number of halogens is 1. The SMILES string of the molecule is CC(C)C1CCSC(=NCc2ccc(F)cc2)N1. The lowest BCUT2D eigenvalue weighted by atomic mass is 10.0. The van der Waals surface area contributed by atoms with Gasteiger partial charge in [-0.3, -0.25) is 4.99 Å². The molecule has 0 aliphatic carbocycles. The summed E-state index contributed by atoms with van der Waals surface area (Å²) in [4.78, 5) is 4.56. The zero-order valence-corrected chi connectivity index (χ0v) is 11.6. The van der Waals surface area contributed by atoms with Gasteiger partial charge in [0, 0.05) is 11.8 Å². The Bertz CT molecular complexity index is 414. The molecule has 1 saturated heterocycles. The number of hydrogen-bond donors (Lipinski definition) is 1. The van der Waals surface area contributed by atoms with Crippen LogP contribution in [0.25, 0.3) is 0 Å². The van der Waals surface area contributed by atoms with Gasteiger partial charge in [-0.2, -0.15) is 0 Å². The monoisotopic (exact) mass is 266 g/mol. The van der Waals surface area contributed by atoms with Gasteiger partial charge in [-0.05, 0) is 30.0 Å². The predicted octanol–water partition coefficient (Wildman–Crippen LogP) is 3.43. The fraction of sp³-hybridized carbons (Fsp3) is 0.500. The van der Waals surface area contributed by atoms with Gasteiger partial charge in [0.1, 0.15) is 5.82 Å². The van der Waals surface area contributed by atoms with Crippen LogP contribution in [-0.2, 0) is 6.54 Å². The maximum atomic E-state index is 12.8. The maximum Gasteiger partial charge on any atom is 0.157 e. The molecule has 1 fully saturated rings. The van der Waals surface area contributed by atoms with E-state index >= 15 is 0 Å². The second kappa shape index (κ2) is 6.23. The predicted molar refractivity (Wildman–Crippen MR) is 76.4 cm³/mol. The first-order chi connectivity index (χ1) is 8.65. The van der Waals surface area contributed by atoms with Crippen molar-refractivity contribution in [1.29, 1.82) is 0 Å². The Hall–Kier alpha value is -1.03. The van der Waals surface area contributed by atoms with Crippen molar-refractivity contribution in [3.05, 3.63) is 35.6 Å². The van der Waals surface area contributed by atoms with Crippen LogP contribution in [0.4, 0.5) is 4.39 Å². The first-order valence-electron chi connectivity index (χ1n) is 6.33. The minimum Gasteiger partial charge on any atom is -0.362 e. The molecule has 1 atom stereocenters. The molecule has 1 aliphatic heterocycles. The van der Waals surface area contributed by atoms with Crippen LogP contribution in [-0.4, -0.2) is 17.0 Å². The van der Waals surface area contributed by atoms with Crippen molar-refractivity contribution in [3.8, 4) is 0 Å². The Morgan fingerprint density at radius 1 is 1.39 bits per heavy atom. The summed E-state index contributed by atoms with van der Waals surface area (Å²) < 4.78 is 12.8. The molecule has 18 heavy (non-hydrogen) atoms. The van der Waals surface area contributed by atoms with Gasteiger partial charge in [0.05, 0.1) is 6.54 Å². The Morgan fingerprint density at radius 2 is 2.11 bits per heavy atom. The third kappa shape index (κ3) is 3.73. The first kappa shape index (κ1) is 13.4. The van der Waals surface area contributed by atoms with E-state index in [2.05, 4.69) is 24.2 Å². The number of thioether (sulfide) groups is 1. The van der Waals surface area contributed by atoms with E-state index in [0.717, 1.165) is 16.5 Å². The summed E-state index contributed by atoms with van der Waals surface area (Å²) >= 11 is 1.77. The highest BCUT2D eigenvalue weighted by molar-refractivity contribution is 8.13. The van der Waals surface area contributed by atoms with E-state index < -0.39 is 0 Å². The van der Waals surface area contributed by atoms with Crippen LogP contribution in [0, 0.1) is 11.7 Å². The summed E-state index contributed by atoms with van der Waals surface area (Å²) in [5.74, 6) is 1.55. The van der Waals surface area contributed by atoms with Crippen LogP contribution in [0.2, 0.25) is 0 Å². The third-order valence-electron chi connectivity index (χ3n) is 3.10. The first-order valence-corrected chi connectivity index (χ1v) is 7.32. The van der Waals surface area contributed by atoms with Crippen LogP contribution in [0.3, 0.4) is 0 Å². The van der Waals surface area contributed by atoms with E-state index in [1.807, 2.05) is 0 Å². The molecule has 4 heteroatoms. The molecule has 0 spiro atoms. The highest BCUT2D eigenvalue weighted by Crippen LogP contribution is 2.19. The lowest BCUT2D eigenvalue weighted by molar-refractivity contribution is 0.442. The van der Waals surface area contributed by atoms with Crippen LogP contribution >= 0.6 is 11.8 Å². The molecule has 0 bridgehead atoms. The smallest absolute Gasteiger partial charge is 0.157 e. The van der Waals surface area contributed by atoms with Crippen molar-refractivity contribution in [2.75, 3.05) is 5.75 Å². The summed E-state index contributed by atoms with van der Waals surface area (Å²) in [6.07, 6.45) is 1.19. The highest BCUT2D eigenvalue weighted by atomic mass is 32.2. The Labute approximate surface area is 112 Å². The molecule has 0 amide bonds. The Balaban J connectivity index is 1.94. The average molecular weight is 266 g/mol. The van der Waals surface area contributed by atoms with Gasteiger partial charge in [-0.15, -0.1) is 0 Å². The normalized spacial score (nSPS) is 22.2. The quantitative estimate of drug-likeness (QED) is 0.906. The standard InChI is InChI=1S/C14H19FN2S/c1-10(2)13-7-8-18-14(17-13)16-9-11-3-5-12(15)6-4-11/h3-6,10,13H,7-9H2,1-2H3,(H,16,17). The molecule has 0 aromatic heterocycles. The molecule has 1 unspecified atom stereocenters. The zero-order chi connectivity index (χ0) is 13.0. The fourth-order valence-electron chi connectivity index (χ4n) is 1.90. The van der Waals surface area contributed by atoms with Crippen molar-refractivity contribution in [3.63, 3.8) is 0 Å². The van der Waals surface area contributed by atoms with Crippen molar-refractivity contribution >= 4 is 16.9 Å². The van der Waals surface area contributed by atoms with Crippen molar-refractivity contribution in [1.82, 2.24) is 5.32 Å². The van der Waals surface area contributed by atoms with Crippen molar-refractivity contribution in [2.45, 2.75) is 32.9 Å². The summed E-state index contributed by atoms with van der Waals surface area (Å²) in [6, 6.07) is 7.06. The van der Waals surface area contributed by atoms with Gasteiger partial charge in [-0.1, -0.05) is 37.7 Å². The summed E-state index contributed by atoms with van der Waals surface area (Å²) in [5, 5.41) is 4.49. The van der Waals surface area contributed by atoms with Gasteiger partial charge in [-0.25, -0.2) is 4.39 Å². The Kier molecular flexibility index (Phi) is 4.64. The van der Waals surface area contributed by atoms with E-state index in [9.17, 15) is 4.39 Å². The van der Waals surface area contributed by atoms with Gasteiger partial charge in [0.15, 0.2) is 5.17 Å². The van der Waals surface area contributed by atoms with Gasteiger partial charge in [0.2, 0.25) is 0 Å². The molecule has 0 radical (unpaired) electrons. The average Bonchev–Trinajstić information content (AvgIpc) is 2.38. The van der Waals surface area contributed by atoms with E-state index in [4.69, 9.17) is 0 Å². The largest absolute Gasteiger partial charge is 0.362 e. The number of benzene rings is 1. The van der Waals surface area contributed by atoms with E-state index in [-0.39, 0.29) is 5.82 Å². The minimum absolute atomic E-state index is 0.198. The number of nitrogens with one attached hydrogen (secondary N) is 1. The second-order valence-electron chi connectivity index (χ2n) is 4.88. The van der Waals surface area contributed by atoms with E-state index in [0.29, 0.717) is 18.5 Å². The van der Waals surface area contributed by atoms with Crippen molar-refractivity contribution in [2.24, 2.45) is 10.9 Å². The van der Waals surface area contributed by atoms with E-state index in [1.54, 1.807) is 23.9 Å². The molecule has 0 saturated carbocycles. The van der Waals surface area contributed by atoms with Gasteiger partial charge >= 0.3 is 0 Å². The van der Waals surface area contributed by atoms with Gasteiger partial charge in [0.25, 0.3) is 0 Å². The lowest BCUT2D eigenvalue weighted by Crippen LogP contribution is -2.41. The lowest BCUT2D eigenvalue weighted by Gasteiger charge is -2.28. The van der Waals surface area contributed by atoms with Crippen LogP contribution in [0.1, 0.15) is 25.8 Å². The molecule has 2 rings (SSSR count). The summed E-state index contributed by atoms with van der Waals surface area (Å²) in [6.45, 7) is 5.07. The Morgan fingerprint density at radius 3 is 2.78 bits per heavy atom. The summed E-state index contributed by atoms with van der Waals surface area (Å²) in [7, 11) is 0. The summed E-state index contributed by atoms with van der Waals surface area (Å²) in [5.41, 5.74) is 1.04. The highest BCUT2D eigenvalue weighted by Gasteiger charge is 2.19. The number of hydrogen-bond acceptors (Lipinski definition) is 2. The van der Waals surface area contributed by atoms with Crippen LogP contribution in [0.15, 0.2) is 29.3 Å². The van der Waals surface area contributed by atoms with Gasteiger partial charge < -0.3 is 5.32 Å². The number of amidine groups is 1. The fourth-order valence-corrected chi connectivity index (χ4v) is 2.85. The zero-order valence-electron chi connectivity index (χ0n) is 10.8. The molecular weight excluding hydrogens is 247 g/mol. The second-order valence-corrected chi connectivity index (χ2v) is 5.96. The molecule has 1 aliphatic rings. The minimum atomic E-state index is -0.198. The number of rotatable bonds is 3. The number of aliphatic imine (C=N–C) groups is 1. The van der Waals surface area contributed by atoms with Crippen molar-refractivity contribution < 1.29 is 4.39 Å².